The van der Waals surface area contributed by atoms with Crippen molar-refractivity contribution in [1.82, 2.24) is 0 Å². The second-order valence-electron chi connectivity index (χ2n) is 3.83. The number of methoxy groups -OCH3 is 1. The number of Topliss-reactive ketones (excluding diaryl/α,β-unsaturated/α-hetero) is 1. The molecule has 0 saturated heterocycles. The van der Waals surface area contributed by atoms with Crippen molar-refractivity contribution in [1.29, 1.82) is 5.26 Å². The SMILES string of the molecule is COc1ccc(C)c(/C=C/C=C(\C#N)C(C)=O)c1. The van der Waals surface area contributed by atoms with Crippen molar-refractivity contribution in [2.24, 2.45) is 0 Å². The average molecular weight is 241 g/mol. The van der Waals surface area contributed by atoms with Crippen LogP contribution < -0.4 is 4.74 Å². The molecule has 0 aliphatic carbocycles. The van der Waals surface area contributed by atoms with E-state index in [1.807, 2.05) is 37.3 Å². The van der Waals surface area contributed by atoms with Gasteiger partial charge in [-0.25, -0.2) is 0 Å². The number of allylic oxidation sites excluding steroid dienone is 3. The summed E-state index contributed by atoms with van der Waals surface area (Å²) in [5.41, 5.74) is 2.24. The third kappa shape index (κ3) is 3.60. The largest absolute Gasteiger partial charge is 0.497 e. The fourth-order valence-electron chi connectivity index (χ4n) is 1.41. The van der Waals surface area contributed by atoms with Crippen LogP contribution in [0.1, 0.15) is 18.1 Å². The van der Waals surface area contributed by atoms with E-state index in [0.29, 0.717) is 0 Å². The Morgan fingerprint density at radius 3 is 2.72 bits per heavy atom. The van der Waals surface area contributed by atoms with Crippen LogP contribution in [0.5, 0.6) is 5.75 Å². The monoisotopic (exact) mass is 241 g/mol. The predicted molar refractivity (Wildman–Crippen MR) is 71.1 cm³/mol. The molecule has 0 amide bonds. The smallest absolute Gasteiger partial charge is 0.170 e. The molecule has 0 saturated carbocycles. The maximum absolute atomic E-state index is 11.0. The Morgan fingerprint density at radius 1 is 1.44 bits per heavy atom. The van der Waals surface area contributed by atoms with Crippen molar-refractivity contribution in [3.8, 4) is 11.8 Å². The predicted octanol–water partition coefficient (Wildman–Crippen LogP) is 3.06. The Balaban J connectivity index is 2.98. The fourth-order valence-corrected chi connectivity index (χ4v) is 1.41. The standard InChI is InChI=1S/C15H15NO2/c1-11-7-8-15(18-3)9-13(11)5-4-6-14(10-16)12(2)17/h4-9H,1-3H3/b5-4+,14-6+. The van der Waals surface area contributed by atoms with E-state index < -0.39 is 0 Å². The van der Waals surface area contributed by atoms with E-state index in [-0.39, 0.29) is 11.4 Å². The molecule has 0 aromatic heterocycles. The molecule has 0 aliphatic heterocycles. The molecule has 18 heavy (non-hydrogen) atoms. The molecular weight excluding hydrogens is 226 g/mol. The molecule has 0 atom stereocenters. The van der Waals surface area contributed by atoms with Crippen molar-refractivity contribution < 1.29 is 9.53 Å². The first-order chi connectivity index (χ1) is 8.58. The minimum atomic E-state index is -0.232. The van der Waals surface area contributed by atoms with Crippen molar-refractivity contribution >= 4 is 11.9 Å². The maximum atomic E-state index is 11.0. The van der Waals surface area contributed by atoms with Gasteiger partial charge in [0.05, 0.1) is 12.7 Å². The quantitative estimate of drug-likeness (QED) is 0.462. The van der Waals surface area contributed by atoms with E-state index in [4.69, 9.17) is 10.00 Å². The minimum Gasteiger partial charge on any atom is -0.497 e. The van der Waals surface area contributed by atoms with Gasteiger partial charge in [0.15, 0.2) is 5.78 Å². The molecule has 0 unspecified atom stereocenters. The van der Waals surface area contributed by atoms with Gasteiger partial charge in [0.2, 0.25) is 0 Å². The molecule has 3 heteroatoms. The third-order valence-corrected chi connectivity index (χ3v) is 2.52. The van der Waals surface area contributed by atoms with E-state index in [2.05, 4.69) is 0 Å². The second-order valence-corrected chi connectivity index (χ2v) is 3.83. The highest BCUT2D eigenvalue weighted by atomic mass is 16.5. The first-order valence-electron chi connectivity index (χ1n) is 5.52. The van der Waals surface area contributed by atoms with Gasteiger partial charge in [-0.1, -0.05) is 18.2 Å². The number of nitriles is 1. The molecular formula is C15H15NO2. The molecule has 0 spiro atoms. The van der Waals surface area contributed by atoms with E-state index in [1.54, 1.807) is 13.2 Å². The van der Waals surface area contributed by atoms with Gasteiger partial charge in [-0.15, -0.1) is 0 Å². The summed E-state index contributed by atoms with van der Waals surface area (Å²) in [7, 11) is 1.61. The Kier molecular flexibility index (Phi) is 4.89. The normalized spacial score (nSPS) is 11.3. The molecule has 0 bridgehead atoms. The number of hydrogen-bond donors (Lipinski definition) is 0. The lowest BCUT2D eigenvalue weighted by Crippen LogP contribution is -1.91. The number of benzene rings is 1. The number of carbonyl (C=O) groups excluding carboxylic acids is 1. The maximum Gasteiger partial charge on any atom is 0.170 e. The van der Waals surface area contributed by atoms with Crippen molar-refractivity contribution in [2.75, 3.05) is 7.11 Å². The van der Waals surface area contributed by atoms with Crippen molar-refractivity contribution in [2.45, 2.75) is 13.8 Å². The van der Waals surface area contributed by atoms with E-state index in [9.17, 15) is 4.79 Å². The Morgan fingerprint density at radius 2 is 2.17 bits per heavy atom. The van der Waals surface area contributed by atoms with Gasteiger partial charge in [-0.3, -0.25) is 4.79 Å². The van der Waals surface area contributed by atoms with Gasteiger partial charge >= 0.3 is 0 Å². The molecule has 0 heterocycles. The van der Waals surface area contributed by atoms with Gasteiger partial charge in [-0.05, 0) is 43.2 Å². The summed E-state index contributed by atoms with van der Waals surface area (Å²) in [5, 5.41) is 8.74. The van der Waals surface area contributed by atoms with E-state index in [0.717, 1.165) is 16.9 Å². The highest BCUT2D eigenvalue weighted by Gasteiger charge is 1.99. The minimum absolute atomic E-state index is 0.145. The molecule has 92 valence electrons. The van der Waals surface area contributed by atoms with Gasteiger partial charge in [-0.2, -0.15) is 5.26 Å². The molecule has 0 fully saturated rings. The Hall–Kier alpha value is -2.34. The number of rotatable bonds is 4. The Bertz CT molecular complexity index is 548. The molecule has 0 aliphatic rings. The summed E-state index contributed by atoms with van der Waals surface area (Å²) in [4.78, 5) is 11.0. The summed E-state index contributed by atoms with van der Waals surface area (Å²) in [6, 6.07) is 7.61. The number of hydrogen-bond acceptors (Lipinski definition) is 3. The molecule has 1 aromatic rings. The zero-order valence-electron chi connectivity index (χ0n) is 10.7. The van der Waals surface area contributed by atoms with Crippen LogP contribution in [0.2, 0.25) is 0 Å². The van der Waals surface area contributed by atoms with E-state index in [1.165, 1.54) is 13.0 Å². The zero-order valence-corrected chi connectivity index (χ0v) is 10.7. The number of nitrogens with zero attached hydrogens (tertiary/aromatic N) is 1. The van der Waals surface area contributed by atoms with Crippen LogP contribution in [0.3, 0.4) is 0 Å². The van der Waals surface area contributed by atoms with Crippen LogP contribution >= 0.6 is 0 Å². The van der Waals surface area contributed by atoms with Crippen LogP contribution in [0.15, 0.2) is 35.9 Å². The van der Waals surface area contributed by atoms with Crippen LogP contribution in [-0.2, 0) is 4.79 Å². The number of ketones is 1. The fraction of sp³-hybridized carbons (Fsp3) is 0.200. The summed E-state index contributed by atoms with van der Waals surface area (Å²) in [6.07, 6.45) is 5.06. The van der Waals surface area contributed by atoms with Gasteiger partial charge in [0, 0.05) is 0 Å². The lowest BCUT2D eigenvalue weighted by atomic mass is 10.1. The van der Waals surface area contributed by atoms with Crippen LogP contribution in [0.25, 0.3) is 6.08 Å². The third-order valence-electron chi connectivity index (χ3n) is 2.52. The number of aryl methyl sites for hydroxylation is 1. The lowest BCUT2D eigenvalue weighted by Gasteiger charge is -2.03. The Labute approximate surface area is 107 Å². The summed E-state index contributed by atoms with van der Waals surface area (Å²) in [5.74, 6) is 0.542. The van der Waals surface area contributed by atoms with Crippen molar-refractivity contribution in [3.05, 3.63) is 47.1 Å². The van der Waals surface area contributed by atoms with Crippen LogP contribution in [-0.4, -0.2) is 12.9 Å². The summed E-state index contributed by atoms with van der Waals surface area (Å²) < 4.78 is 5.14. The van der Waals surface area contributed by atoms with Gasteiger partial charge < -0.3 is 4.74 Å². The van der Waals surface area contributed by atoms with Crippen molar-refractivity contribution in [3.63, 3.8) is 0 Å². The summed E-state index contributed by atoms with van der Waals surface area (Å²) in [6.45, 7) is 3.36. The molecule has 0 N–H and O–H groups in total. The highest BCUT2D eigenvalue weighted by molar-refractivity contribution is 5.97. The number of carbonyl (C=O) groups is 1. The van der Waals surface area contributed by atoms with Gasteiger partial charge in [0.25, 0.3) is 0 Å². The molecule has 0 radical (unpaired) electrons. The van der Waals surface area contributed by atoms with Gasteiger partial charge in [0.1, 0.15) is 11.8 Å². The summed E-state index contributed by atoms with van der Waals surface area (Å²) >= 11 is 0. The number of ether oxygens (including phenoxy) is 1. The highest BCUT2D eigenvalue weighted by Crippen LogP contribution is 2.18. The topological polar surface area (TPSA) is 50.1 Å². The molecule has 3 nitrogen and oxygen atoms in total. The lowest BCUT2D eigenvalue weighted by molar-refractivity contribution is -0.113. The van der Waals surface area contributed by atoms with Crippen LogP contribution in [0, 0.1) is 18.3 Å². The second kappa shape index (κ2) is 6.41. The first kappa shape index (κ1) is 13.7. The molecule has 1 rings (SSSR count). The average Bonchev–Trinajstić information content (AvgIpc) is 2.36. The van der Waals surface area contributed by atoms with E-state index >= 15 is 0 Å². The van der Waals surface area contributed by atoms with Crippen LogP contribution in [0.4, 0.5) is 0 Å². The zero-order chi connectivity index (χ0) is 13.5. The molecule has 1 aromatic carbocycles. The first-order valence-corrected chi connectivity index (χ1v) is 5.52.